The van der Waals surface area contributed by atoms with E-state index in [0.29, 0.717) is 0 Å². The molecule has 0 atom stereocenters. The van der Waals surface area contributed by atoms with E-state index in [1.165, 1.54) is 22.3 Å². The van der Waals surface area contributed by atoms with Crippen LogP contribution >= 0.6 is 0 Å². The molecule has 0 bridgehead atoms. The van der Waals surface area contributed by atoms with E-state index in [1.807, 2.05) is 24.5 Å². The molecule has 0 amide bonds. The van der Waals surface area contributed by atoms with Crippen molar-refractivity contribution in [2.45, 2.75) is 0 Å². The van der Waals surface area contributed by atoms with Gasteiger partial charge >= 0.3 is 0 Å². The van der Waals surface area contributed by atoms with Crippen LogP contribution in [0.4, 0.5) is 0 Å². The number of fused-ring (bicyclic) bond motifs is 3. The van der Waals surface area contributed by atoms with E-state index in [4.69, 9.17) is 9.97 Å². The molecule has 5 aromatic carbocycles. The first kappa shape index (κ1) is 25.0. The van der Waals surface area contributed by atoms with Gasteiger partial charge in [-0.3, -0.25) is 9.97 Å². The van der Waals surface area contributed by atoms with E-state index in [1.54, 1.807) is 0 Å². The lowest BCUT2D eigenvalue weighted by atomic mass is 10.0. The van der Waals surface area contributed by atoms with Crippen molar-refractivity contribution in [3.05, 3.63) is 168 Å². The standard InChI is InChI=1S/C40H24N2/c1-3-7-33(8-4-1)35-19-15-29(16-20-35)11-13-31-25-37-23-24-38-26-32(28-42-40(38)39(37)41-27-31)14-12-30-17-21-36(22-18-30)34-9-5-2-6-10-34/h1-10,15-28H. The van der Waals surface area contributed by atoms with E-state index < -0.39 is 0 Å². The van der Waals surface area contributed by atoms with Crippen LogP contribution in [0.25, 0.3) is 44.1 Å². The molecule has 0 unspecified atom stereocenters. The number of nitrogens with zero attached hydrogens (tertiary/aromatic N) is 2. The molecule has 7 rings (SSSR count). The minimum atomic E-state index is 0.862. The molecule has 194 valence electrons. The van der Waals surface area contributed by atoms with Crippen molar-refractivity contribution >= 4 is 21.8 Å². The first-order valence-electron chi connectivity index (χ1n) is 13.8. The predicted octanol–water partition coefficient (Wildman–Crippen LogP) is 8.92. The second kappa shape index (κ2) is 11.3. The maximum Gasteiger partial charge on any atom is 0.0965 e. The van der Waals surface area contributed by atoms with Gasteiger partial charge in [0.15, 0.2) is 0 Å². The number of pyridine rings is 2. The van der Waals surface area contributed by atoms with E-state index >= 15 is 0 Å². The summed E-state index contributed by atoms with van der Waals surface area (Å²) in [7, 11) is 0. The fourth-order valence-electron chi connectivity index (χ4n) is 4.97. The third-order valence-electron chi connectivity index (χ3n) is 7.19. The minimum absolute atomic E-state index is 0.862. The Morgan fingerprint density at radius 2 is 0.690 bits per heavy atom. The van der Waals surface area contributed by atoms with Crippen molar-refractivity contribution in [3.8, 4) is 45.9 Å². The maximum atomic E-state index is 4.73. The fraction of sp³-hybridized carbons (Fsp3) is 0. The van der Waals surface area contributed by atoms with Crippen molar-refractivity contribution in [1.29, 1.82) is 0 Å². The predicted molar refractivity (Wildman–Crippen MR) is 173 cm³/mol. The van der Waals surface area contributed by atoms with Crippen molar-refractivity contribution in [1.82, 2.24) is 9.97 Å². The third-order valence-corrected chi connectivity index (χ3v) is 7.19. The zero-order valence-electron chi connectivity index (χ0n) is 22.8. The molecule has 0 spiro atoms. The first-order chi connectivity index (χ1) is 20.8. The van der Waals surface area contributed by atoms with Crippen molar-refractivity contribution < 1.29 is 0 Å². The summed E-state index contributed by atoms with van der Waals surface area (Å²) in [6, 6.07) is 45.7. The monoisotopic (exact) mass is 532 g/mol. The lowest BCUT2D eigenvalue weighted by molar-refractivity contribution is 1.36. The Bertz CT molecular complexity index is 2000. The fourth-order valence-corrected chi connectivity index (χ4v) is 4.97. The Balaban J connectivity index is 1.10. The summed E-state index contributed by atoms with van der Waals surface area (Å²) in [4.78, 5) is 9.46. The number of benzene rings is 5. The molecule has 0 aliphatic heterocycles. The Morgan fingerprint density at radius 1 is 0.333 bits per heavy atom. The van der Waals surface area contributed by atoms with Crippen molar-refractivity contribution in [3.63, 3.8) is 0 Å². The van der Waals surface area contributed by atoms with E-state index in [0.717, 1.165) is 44.1 Å². The number of aromatic nitrogens is 2. The van der Waals surface area contributed by atoms with Crippen LogP contribution in [-0.4, -0.2) is 9.97 Å². The van der Waals surface area contributed by atoms with Crippen LogP contribution in [0.5, 0.6) is 0 Å². The van der Waals surface area contributed by atoms with Gasteiger partial charge in [-0.1, -0.05) is 121 Å². The Kier molecular flexibility index (Phi) is 6.71. The SMILES string of the molecule is C(#Cc1cnc2c(ccc3cc(C#Cc4ccc(-c5ccccc5)cc4)cnc32)c1)c1ccc(-c2ccccc2)cc1. The maximum absolute atomic E-state index is 4.73. The molecule has 0 fully saturated rings. The first-order valence-corrected chi connectivity index (χ1v) is 13.8. The highest BCUT2D eigenvalue weighted by atomic mass is 14.7. The van der Waals surface area contributed by atoms with Gasteiger partial charge in [-0.2, -0.15) is 0 Å². The quantitative estimate of drug-likeness (QED) is 0.164. The largest absolute Gasteiger partial charge is 0.253 e. The Morgan fingerprint density at radius 3 is 1.10 bits per heavy atom. The molecule has 42 heavy (non-hydrogen) atoms. The molecule has 0 aliphatic carbocycles. The van der Waals surface area contributed by atoms with Gasteiger partial charge < -0.3 is 0 Å². The van der Waals surface area contributed by atoms with Gasteiger partial charge in [0.2, 0.25) is 0 Å². The highest BCUT2D eigenvalue weighted by Gasteiger charge is 2.05. The minimum Gasteiger partial charge on any atom is -0.253 e. The van der Waals surface area contributed by atoms with Crippen LogP contribution in [-0.2, 0) is 0 Å². The number of hydrogen-bond donors (Lipinski definition) is 0. The van der Waals surface area contributed by atoms with Crippen LogP contribution in [0.2, 0.25) is 0 Å². The average molecular weight is 533 g/mol. The molecule has 0 aliphatic rings. The molecule has 0 saturated heterocycles. The van der Waals surface area contributed by atoms with Gasteiger partial charge in [-0.15, -0.1) is 0 Å². The van der Waals surface area contributed by atoms with Gasteiger partial charge in [0.1, 0.15) is 0 Å². The van der Waals surface area contributed by atoms with Crippen molar-refractivity contribution in [2.24, 2.45) is 0 Å². The number of rotatable bonds is 2. The highest BCUT2D eigenvalue weighted by molar-refractivity contribution is 6.03. The van der Waals surface area contributed by atoms with Crippen LogP contribution < -0.4 is 0 Å². The van der Waals surface area contributed by atoms with Crippen LogP contribution in [0, 0.1) is 23.7 Å². The summed E-state index contributed by atoms with van der Waals surface area (Å²) < 4.78 is 0. The van der Waals surface area contributed by atoms with E-state index in [2.05, 4.69) is 145 Å². The number of hydrogen-bond acceptors (Lipinski definition) is 2. The summed E-state index contributed by atoms with van der Waals surface area (Å²) in [6.07, 6.45) is 3.64. The molecule has 0 saturated carbocycles. The molecule has 2 aromatic heterocycles. The van der Waals surface area contributed by atoms with Gasteiger partial charge in [0, 0.05) is 45.4 Å². The third kappa shape index (κ3) is 5.39. The summed E-state index contributed by atoms with van der Waals surface area (Å²) in [5.74, 6) is 13.1. The van der Waals surface area contributed by atoms with Gasteiger partial charge in [-0.25, -0.2) is 0 Å². The molecule has 0 N–H and O–H groups in total. The molecular formula is C40H24N2. The molecular weight excluding hydrogens is 508 g/mol. The normalized spacial score (nSPS) is 10.5. The molecule has 0 radical (unpaired) electrons. The lowest BCUT2D eigenvalue weighted by Gasteiger charge is -2.04. The lowest BCUT2D eigenvalue weighted by Crippen LogP contribution is -1.88. The second-order valence-corrected chi connectivity index (χ2v) is 10.0. The molecule has 7 aromatic rings. The van der Waals surface area contributed by atoms with Crippen molar-refractivity contribution in [2.75, 3.05) is 0 Å². The summed E-state index contributed by atoms with van der Waals surface area (Å²) in [6.45, 7) is 0. The summed E-state index contributed by atoms with van der Waals surface area (Å²) >= 11 is 0. The summed E-state index contributed by atoms with van der Waals surface area (Å²) in [5.41, 5.74) is 10.2. The van der Waals surface area contributed by atoms with Crippen LogP contribution in [0.1, 0.15) is 22.3 Å². The molecule has 2 heteroatoms. The second-order valence-electron chi connectivity index (χ2n) is 10.0. The van der Waals surface area contributed by atoms with E-state index in [9.17, 15) is 0 Å². The van der Waals surface area contributed by atoms with E-state index in [-0.39, 0.29) is 0 Å². The Hall–Kier alpha value is -5.96. The molecule has 2 nitrogen and oxygen atoms in total. The zero-order chi connectivity index (χ0) is 28.1. The summed E-state index contributed by atoms with van der Waals surface area (Å²) in [5, 5.41) is 2.03. The van der Waals surface area contributed by atoms with Crippen LogP contribution in [0.3, 0.4) is 0 Å². The smallest absolute Gasteiger partial charge is 0.0965 e. The zero-order valence-corrected chi connectivity index (χ0v) is 22.8. The highest BCUT2D eigenvalue weighted by Crippen LogP contribution is 2.24. The Labute approximate surface area is 245 Å². The topological polar surface area (TPSA) is 25.8 Å². The van der Waals surface area contributed by atoms with Crippen LogP contribution in [0.15, 0.2) is 146 Å². The molecule has 2 heterocycles. The average Bonchev–Trinajstić information content (AvgIpc) is 3.07. The van der Waals surface area contributed by atoms with Gasteiger partial charge in [0.25, 0.3) is 0 Å². The van der Waals surface area contributed by atoms with Gasteiger partial charge in [0.05, 0.1) is 11.0 Å². The van der Waals surface area contributed by atoms with Gasteiger partial charge in [-0.05, 0) is 58.7 Å².